The van der Waals surface area contributed by atoms with Crippen LogP contribution in [-0.4, -0.2) is 35.3 Å². The SMILES string of the molecule is NC1CC2(CCN(c3nc(Cl)nc4sc(CC(F)(F)F)cc34)C2)C1. The first-order chi connectivity index (χ1) is 11.2. The van der Waals surface area contributed by atoms with E-state index in [1.165, 1.54) is 0 Å². The molecule has 2 aromatic rings. The van der Waals surface area contributed by atoms with Crippen LogP contribution >= 0.6 is 22.9 Å². The van der Waals surface area contributed by atoms with E-state index in [0.717, 1.165) is 43.7 Å². The molecule has 2 fully saturated rings. The van der Waals surface area contributed by atoms with Crippen LogP contribution in [0.25, 0.3) is 10.2 Å². The quantitative estimate of drug-likeness (QED) is 0.811. The number of halogens is 4. The number of anilines is 1. The second-order valence-electron chi connectivity index (χ2n) is 6.88. The summed E-state index contributed by atoms with van der Waals surface area (Å²) in [7, 11) is 0. The second kappa shape index (κ2) is 5.44. The Bertz CT molecular complexity index is 785. The highest BCUT2D eigenvalue weighted by Gasteiger charge is 2.47. The summed E-state index contributed by atoms with van der Waals surface area (Å²) >= 11 is 7.03. The maximum absolute atomic E-state index is 12.7. The Morgan fingerprint density at radius 2 is 2.12 bits per heavy atom. The van der Waals surface area contributed by atoms with Gasteiger partial charge in [-0.3, -0.25) is 0 Å². The molecule has 0 amide bonds. The minimum Gasteiger partial charge on any atom is -0.355 e. The second-order valence-corrected chi connectivity index (χ2v) is 8.33. The van der Waals surface area contributed by atoms with Crippen molar-refractivity contribution in [3.8, 4) is 0 Å². The maximum atomic E-state index is 12.7. The predicted octanol–water partition coefficient (Wildman–Crippen LogP) is 3.77. The third-order valence-corrected chi connectivity index (χ3v) is 6.10. The van der Waals surface area contributed by atoms with Crippen LogP contribution in [0.3, 0.4) is 0 Å². The van der Waals surface area contributed by atoms with Crippen molar-refractivity contribution in [2.45, 2.75) is 37.9 Å². The standard InChI is InChI=1S/C15H16ClF3N4S/c16-13-21-11(23-2-1-14(7-23)4-8(20)5-14)10-3-9(6-15(17,18)19)24-12(10)22-13/h3,8H,1-2,4-7,20H2. The molecular formula is C15H16ClF3N4S. The highest BCUT2D eigenvalue weighted by molar-refractivity contribution is 7.18. The zero-order chi connectivity index (χ0) is 17.1. The van der Waals surface area contributed by atoms with Crippen molar-refractivity contribution < 1.29 is 13.2 Å². The van der Waals surface area contributed by atoms with E-state index in [9.17, 15) is 13.2 Å². The fourth-order valence-corrected chi connectivity index (χ4v) is 5.23. The average molecular weight is 377 g/mol. The Labute approximate surface area is 145 Å². The summed E-state index contributed by atoms with van der Waals surface area (Å²) < 4.78 is 38.0. The lowest BCUT2D eigenvalue weighted by Crippen LogP contribution is -2.47. The normalized spacial score (nSPS) is 27.2. The molecule has 0 unspecified atom stereocenters. The molecule has 4 nitrogen and oxygen atoms in total. The summed E-state index contributed by atoms with van der Waals surface area (Å²) in [6.07, 6.45) is -2.17. The van der Waals surface area contributed by atoms with E-state index in [-0.39, 0.29) is 21.6 Å². The topological polar surface area (TPSA) is 55.0 Å². The van der Waals surface area contributed by atoms with Crippen LogP contribution in [0.4, 0.5) is 19.0 Å². The highest BCUT2D eigenvalue weighted by atomic mass is 35.5. The highest BCUT2D eigenvalue weighted by Crippen LogP contribution is 2.49. The van der Waals surface area contributed by atoms with Gasteiger partial charge >= 0.3 is 6.18 Å². The Balaban J connectivity index is 1.67. The van der Waals surface area contributed by atoms with Crippen LogP contribution in [0.5, 0.6) is 0 Å². The molecule has 2 N–H and O–H groups in total. The molecule has 1 aliphatic carbocycles. The van der Waals surface area contributed by atoms with Gasteiger partial charge in [0.15, 0.2) is 0 Å². The lowest BCUT2D eigenvalue weighted by atomic mass is 9.65. The van der Waals surface area contributed by atoms with Crippen molar-refractivity contribution in [1.29, 1.82) is 0 Å². The monoisotopic (exact) mass is 376 g/mol. The van der Waals surface area contributed by atoms with Gasteiger partial charge in [-0.25, -0.2) is 4.98 Å². The first-order valence-electron chi connectivity index (χ1n) is 7.76. The number of nitrogens with two attached hydrogens (primary N) is 1. The number of nitrogens with zero attached hydrogens (tertiary/aromatic N) is 3. The van der Waals surface area contributed by atoms with Gasteiger partial charge in [-0.15, -0.1) is 11.3 Å². The van der Waals surface area contributed by atoms with E-state index in [0.29, 0.717) is 16.0 Å². The van der Waals surface area contributed by atoms with Crippen LogP contribution < -0.4 is 10.6 Å². The number of hydrogen-bond donors (Lipinski definition) is 1. The summed E-state index contributed by atoms with van der Waals surface area (Å²) in [5.41, 5.74) is 6.15. The molecule has 1 aliphatic heterocycles. The lowest BCUT2D eigenvalue weighted by Gasteiger charge is -2.43. The van der Waals surface area contributed by atoms with Crippen molar-refractivity contribution in [2.75, 3.05) is 18.0 Å². The molecule has 3 heterocycles. The number of aromatic nitrogens is 2. The molecule has 2 aliphatic rings. The van der Waals surface area contributed by atoms with Gasteiger partial charge in [0, 0.05) is 24.0 Å². The van der Waals surface area contributed by atoms with E-state index in [2.05, 4.69) is 14.9 Å². The Kier molecular flexibility index (Phi) is 3.71. The first kappa shape index (κ1) is 16.4. The molecule has 1 saturated carbocycles. The summed E-state index contributed by atoms with van der Waals surface area (Å²) in [6.45, 7) is 1.65. The van der Waals surface area contributed by atoms with Gasteiger partial charge < -0.3 is 10.6 Å². The van der Waals surface area contributed by atoms with Crippen molar-refractivity contribution in [3.63, 3.8) is 0 Å². The minimum atomic E-state index is -4.24. The summed E-state index contributed by atoms with van der Waals surface area (Å²) in [5, 5.41) is 0.730. The van der Waals surface area contributed by atoms with Gasteiger partial charge in [-0.1, -0.05) is 0 Å². The van der Waals surface area contributed by atoms with Crippen molar-refractivity contribution in [2.24, 2.45) is 11.1 Å². The fraction of sp³-hybridized carbons (Fsp3) is 0.600. The van der Waals surface area contributed by atoms with Gasteiger partial charge in [0.1, 0.15) is 10.6 Å². The molecule has 0 bridgehead atoms. The molecular weight excluding hydrogens is 361 g/mol. The largest absolute Gasteiger partial charge is 0.393 e. The van der Waals surface area contributed by atoms with E-state index in [4.69, 9.17) is 17.3 Å². The zero-order valence-electron chi connectivity index (χ0n) is 12.7. The van der Waals surface area contributed by atoms with Gasteiger partial charge in [-0.2, -0.15) is 18.2 Å². The number of hydrogen-bond acceptors (Lipinski definition) is 5. The predicted molar refractivity (Wildman–Crippen MR) is 88.7 cm³/mol. The van der Waals surface area contributed by atoms with Crippen LogP contribution in [0.2, 0.25) is 5.28 Å². The van der Waals surface area contributed by atoms with Gasteiger partial charge in [0.25, 0.3) is 0 Å². The van der Waals surface area contributed by atoms with E-state index < -0.39 is 12.6 Å². The summed E-state index contributed by atoms with van der Waals surface area (Å²) in [6, 6.07) is 1.81. The molecule has 24 heavy (non-hydrogen) atoms. The van der Waals surface area contributed by atoms with Gasteiger partial charge in [0.05, 0.1) is 11.8 Å². The molecule has 9 heteroatoms. The Morgan fingerprint density at radius 3 is 2.79 bits per heavy atom. The molecule has 130 valence electrons. The van der Waals surface area contributed by atoms with Crippen LogP contribution in [0.1, 0.15) is 24.1 Å². The average Bonchev–Trinajstić information content (AvgIpc) is 2.99. The maximum Gasteiger partial charge on any atom is 0.393 e. The first-order valence-corrected chi connectivity index (χ1v) is 8.96. The van der Waals surface area contributed by atoms with Crippen molar-refractivity contribution >= 4 is 39.0 Å². The Hall–Kier alpha value is -1.12. The number of fused-ring (bicyclic) bond motifs is 1. The molecule has 0 aromatic carbocycles. The molecule has 1 spiro atoms. The lowest BCUT2D eigenvalue weighted by molar-refractivity contribution is -0.126. The molecule has 0 radical (unpaired) electrons. The van der Waals surface area contributed by atoms with E-state index in [1.807, 2.05) is 0 Å². The molecule has 2 aromatic heterocycles. The molecule has 4 rings (SSSR count). The van der Waals surface area contributed by atoms with Crippen molar-refractivity contribution in [3.05, 3.63) is 16.2 Å². The zero-order valence-corrected chi connectivity index (χ0v) is 14.3. The number of alkyl halides is 3. The summed E-state index contributed by atoms with van der Waals surface area (Å²) in [4.78, 5) is 11.3. The van der Waals surface area contributed by atoms with Crippen LogP contribution in [-0.2, 0) is 6.42 Å². The third kappa shape index (κ3) is 2.95. The minimum absolute atomic E-state index is 0.0733. The van der Waals surface area contributed by atoms with Crippen molar-refractivity contribution in [1.82, 2.24) is 9.97 Å². The fourth-order valence-electron chi connectivity index (χ4n) is 3.96. The Morgan fingerprint density at radius 1 is 1.38 bits per heavy atom. The third-order valence-electron chi connectivity index (χ3n) is 4.90. The van der Waals surface area contributed by atoms with E-state index >= 15 is 0 Å². The number of thiophene rings is 1. The van der Waals surface area contributed by atoms with Crippen LogP contribution in [0, 0.1) is 5.41 Å². The van der Waals surface area contributed by atoms with Gasteiger partial charge in [-0.05, 0) is 42.3 Å². The number of rotatable bonds is 2. The van der Waals surface area contributed by atoms with Crippen LogP contribution in [0.15, 0.2) is 6.07 Å². The van der Waals surface area contributed by atoms with Gasteiger partial charge in [0.2, 0.25) is 5.28 Å². The molecule has 1 saturated heterocycles. The molecule has 0 atom stereocenters. The van der Waals surface area contributed by atoms with E-state index in [1.54, 1.807) is 6.07 Å². The summed E-state index contributed by atoms with van der Waals surface area (Å²) in [5.74, 6) is 0.645. The smallest absolute Gasteiger partial charge is 0.355 e.